The van der Waals surface area contributed by atoms with Gasteiger partial charge in [-0.05, 0) is 35.4 Å². The Morgan fingerprint density at radius 2 is 1.96 bits per heavy atom. The number of benzene rings is 2. The molecule has 0 spiro atoms. The van der Waals surface area contributed by atoms with Gasteiger partial charge in [0.2, 0.25) is 6.79 Å². The molecule has 0 atom stereocenters. The highest BCUT2D eigenvalue weighted by molar-refractivity contribution is 6.32. The number of esters is 1. The van der Waals surface area contributed by atoms with Crippen LogP contribution >= 0.6 is 11.6 Å². The van der Waals surface area contributed by atoms with Crippen molar-refractivity contribution < 1.29 is 23.7 Å². The third-order valence-electron chi connectivity index (χ3n) is 3.39. The maximum Gasteiger partial charge on any atom is 0.309 e. The van der Waals surface area contributed by atoms with E-state index in [0.29, 0.717) is 28.9 Å². The Morgan fingerprint density at radius 3 is 2.70 bits per heavy atom. The fourth-order valence-corrected chi connectivity index (χ4v) is 2.50. The van der Waals surface area contributed by atoms with Crippen LogP contribution in [-0.4, -0.2) is 19.9 Å². The van der Waals surface area contributed by atoms with Crippen molar-refractivity contribution in [1.29, 1.82) is 0 Å². The summed E-state index contributed by atoms with van der Waals surface area (Å²) in [5, 5.41) is 0.507. The standard InChI is InChI=1S/C17H15ClO5/c1-20-16(19)8-11-2-4-13(5-3-11)21-9-12-6-14(18)17-15(7-12)22-10-23-17/h2-7H,8-10H2,1H3. The number of halogens is 1. The Kier molecular flexibility index (Phi) is 4.57. The van der Waals surface area contributed by atoms with Crippen molar-refractivity contribution in [3.8, 4) is 17.2 Å². The third kappa shape index (κ3) is 3.68. The molecule has 5 nitrogen and oxygen atoms in total. The van der Waals surface area contributed by atoms with E-state index in [0.717, 1.165) is 11.1 Å². The lowest BCUT2D eigenvalue weighted by Gasteiger charge is -2.09. The summed E-state index contributed by atoms with van der Waals surface area (Å²) in [4.78, 5) is 11.2. The molecule has 120 valence electrons. The van der Waals surface area contributed by atoms with Crippen molar-refractivity contribution in [2.75, 3.05) is 13.9 Å². The van der Waals surface area contributed by atoms with Crippen LogP contribution in [0, 0.1) is 0 Å². The third-order valence-corrected chi connectivity index (χ3v) is 3.67. The number of rotatable bonds is 5. The molecule has 0 amide bonds. The topological polar surface area (TPSA) is 54.0 Å². The van der Waals surface area contributed by atoms with E-state index in [4.69, 9.17) is 25.8 Å². The van der Waals surface area contributed by atoms with Crippen molar-refractivity contribution in [3.05, 3.63) is 52.5 Å². The molecule has 0 N–H and O–H groups in total. The summed E-state index contributed by atoms with van der Waals surface area (Å²) in [6, 6.07) is 10.9. The zero-order valence-electron chi connectivity index (χ0n) is 12.5. The first-order valence-electron chi connectivity index (χ1n) is 7.02. The van der Waals surface area contributed by atoms with Gasteiger partial charge in [-0.3, -0.25) is 4.79 Å². The lowest BCUT2D eigenvalue weighted by Crippen LogP contribution is -2.04. The minimum absolute atomic E-state index is 0.182. The van der Waals surface area contributed by atoms with E-state index in [1.165, 1.54) is 7.11 Å². The fourth-order valence-electron chi connectivity index (χ4n) is 2.21. The van der Waals surface area contributed by atoms with Crippen molar-refractivity contribution in [1.82, 2.24) is 0 Å². The summed E-state index contributed by atoms with van der Waals surface area (Å²) in [6.45, 7) is 0.535. The van der Waals surface area contributed by atoms with Gasteiger partial charge in [-0.2, -0.15) is 0 Å². The molecule has 0 saturated heterocycles. The number of carbonyl (C=O) groups excluding carboxylic acids is 1. The van der Waals surface area contributed by atoms with Gasteiger partial charge in [0, 0.05) is 0 Å². The molecule has 0 fully saturated rings. The van der Waals surface area contributed by atoms with Gasteiger partial charge >= 0.3 is 5.97 Å². The number of hydrogen-bond acceptors (Lipinski definition) is 5. The second kappa shape index (κ2) is 6.79. The van der Waals surface area contributed by atoms with Gasteiger partial charge in [-0.15, -0.1) is 0 Å². The number of hydrogen-bond donors (Lipinski definition) is 0. The average molecular weight is 335 g/mol. The predicted molar refractivity (Wildman–Crippen MR) is 84.1 cm³/mol. The van der Waals surface area contributed by atoms with Crippen LogP contribution in [0.2, 0.25) is 5.02 Å². The van der Waals surface area contributed by atoms with E-state index in [1.807, 2.05) is 30.3 Å². The SMILES string of the molecule is COC(=O)Cc1ccc(OCc2cc(Cl)c3c(c2)OCO3)cc1. The molecule has 2 aromatic carbocycles. The monoisotopic (exact) mass is 334 g/mol. The number of fused-ring (bicyclic) bond motifs is 1. The lowest BCUT2D eigenvalue weighted by atomic mass is 10.1. The minimum Gasteiger partial charge on any atom is -0.489 e. The van der Waals surface area contributed by atoms with Gasteiger partial charge in [-0.1, -0.05) is 23.7 Å². The quantitative estimate of drug-likeness (QED) is 0.785. The van der Waals surface area contributed by atoms with Crippen LogP contribution in [0.25, 0.3) is 0 Å². The van der Waals surface area contributed by atoms with E-state index in [1.54, 1.807) is 6.07 Å². The van der Waals surface area contributed by atoms with Crippen LogP contribution in [0.4, 0.5) is 0 Å². The molecule has 2 aromatic rings. The first-order valence-corrected chi connectivity index (χ1v) is 7.40. The fraction of sp³-hybridized carbons (Fsp3) is 0.235. The first-order chi connectivity index (χ1) is 11.2. The van der Waals surface area contributed by atoms with Gasteiger partial charge in [0.05, 0.1) is 18.6 Å². The minimum atomic E-state index is -0.270. The summed E-state index contributed by atoms with van der Waals surface area (Å²) >= 11 is 6.14. The highest BCUT2D eigenvalue weighted by Crippen LogP contribution is 2.39. The molecular weight excluding hydrogens is 320 g/mol. The Balaban J connectivity index is 1.62. The predicted octanol–water partition coefficient (Wildman–Crippen LogP) is 3.36. The second-order valence-electron chi connectivity index (χ2n) is 5.00. The van der Waals surface area contributed by atoms with Crippen molar-refractivity contribution in [2.24, 2.45) is 0 Å². The number of methoxy groups -OCH3 is 1. The van der Waals surface area contributed by atoms with E-state index in [9.17, 15) is 4.79 Å². The van der Waals surface area contributed by atoms with E-state index < -0.39 is 0 Å². The van der Waals surface area contributed by atoms with Gasteiger partial charge in [0.15, 0.2) is 11.5 Å². The molecule has 0 unspecified atom stereocenters. The van der Waals surface area contributed by atoms with Crippen molar-refractivity contribution >= 4 is 17.6 Å². The van der Waals surface area contributed by atoms with Crippen LogP contribution < -0.4 is 14.2 Å². The van der Waals surface area contributed by atoms with Crippen molar-refractivity contribution in [2.45, 2.75) is 13.0 Å². The van der Waals surface area contributed by atoms with Crippen LogP contribution in [0.15, 0.2) is 36.4 Å². The molecule has 0 saturated carbocycles. The van der Waals surface area contributed by atoms with Gasteiger partial charge in [-0.25, -0.2) is 0 Å². The molecule has 6 heteroatoms. The van der Waals surface area contributed by atoms with E-state index in [-0.39, 0.29) is 19.2 Å². The highest BCUT2D eigenvalue weighted by atomic mass is 35.5. The summed E-state index contributed by atoms with van der Waals surface area (Å²) in [7, 11) is 1.37. The average Bonchev–Trinajstić information content (AvgIpc) is 3.03. The van der Waals surface area contributed by atoms with Crippen LogP contribution in [0.3, 0.4) is 0 Å². The molecule has 0 radical (unpaired) electrons. The first kappa shape index (κ1) is 15.5. The van der Waals surface area contributed by atoms with Crippen LogP contribution in [0.5, 0.6) is 17.2 Å². The molecule has 23 heavy (non-hydrogen) atoms. The van der Waals surface area contributed by atoms with Gasteiger partial charge < -0.3 is 18.9 Å². The van der Waals surface area contributed by atoms with E-state index in [2.05, 4.69) is 4.74 Å². The molecule has 0 aromatic heterocycles. The lowest BCUT2D eigenvalue weighted by molar-refractivity contribution is -0.139. The molecule has 0 bridgehead atoms. The Labute approximate surface area is 138 Å². The molecule has 0 aliphatic carbocycles. The largest absolute Gasteiger partial charge is 0.489 e. The van der Waals surface area contributed by atoms with Crippen LogP contribution in [0.1, 0.15) is 11.1 Å². The summed E-state index contributed by atoms with van der Waals surface area (Å²) in [5.74, 6) is 1.63. The normalized spacial score (nSPS) is 12.1. The summed E-state index contributed by atoms with van der Waals surface area (Å²) in [5.41, 5.74) is 1.76. The molecule has 1 aliphatic rings. The molecule has 3 rings (SSSR count). The maximum atomic E-state index is 11.2. The molecule has 1 heterocycles. The molecule has 1 aliphatic heterocycles. The van der Waals surface area contributed by atoms with E-state index >= 15 is 0 Å². The number of ether oxygens (including phenoxy) is 4. The Morgan fingerprint density at radius 1 is 1.17 bits per heavy atom. The maximum absolute atomic E-state index is 11.2. The Hall–Kier alpha value is -2.40. The summed E-state index contributed by atoms with van der Waals surface area (Å²) < 4.78 is 21.0. The van der Waals surface area contributed by atoms with Gasteiger partial charge in [0.1, 0.15) is 12.4 Å². The smallest absolute Gasteiger partial charge is 0.309 e. The highest BCUT2D eigenvalue weighted by Gasteiger charge is 2.18. The van der Waals surface area contributed by atoms with Crippen molar-refractivity contribution in [3.63, 3.8) is 0 Å². The second-order valence-corrected chi connectivity index (χ2v) is 5.40. The summed E-state index contributed by atoms with van der Waals surface area (Å²) in [6.07, 6.45) is 0.245. The molecular formula is C17H15ClO5. The number of carbonyl (C=O) groups is 1. The zero-order chi connectivity index (χ0) is 16.2. The zero-order valence-corrected chi connectivity index (χ0v) is 13.3. The van der Waals surface area contributed by atoms with Gasteiger partial charge in [0.25, 0.3) is 0 Å². The Bertz CT molecular complexity index is 712. The van der Waals surface area contributed by atoms with Crippen LogP contribution in [-0.2, 0) is 22.6 Å².